The minimum atomic E-state index is -0.244. The predicted octanol–water partition coefficient (Wildman–Crippen LogP) is 1.54. The molecular weight excluding hydrogens is 216 g/mol. The van der Waals surface area contributed by atoms with Gasteiger partial charge in [-0.05, 0) is 24.3 Å². The van der Waals surface area contributed by atoms with Crippen molar-refractivity contribution in [2.24, 2.45) is 11.8 Å². The summed E-state index contributed by atoms with van der Waals surface area (Å²) >= 11 is 0. The van der Waals surface area contributed by atoms with E-state index >= 15 is 0 Å². The summed E-state index contributed by atoms with van der Waals surface area (Å²) in [7, 11) is 0. The van der Waals surface area contributed by atoms with Crippen LogP contribution in [0.2, 0.25) is 0 Å². The second kappa shape index (κ2) is 5.17. The molecule has 0 aromatic carbocycles. The van der Waals surface area contributed by atoms with Gasteiger partial charge in [-0.2, -0.15) is 0 Å². The molecule has 0 saturated heterocycles. The average molecular weight is 234 g/mol. The zero-order valence-corrected chi connectivity index (χ0v) is 10.0. The normalized spacial score (nSPS) is 23.6. The molecule has 2 atom stereocenters. The van der Waals surface area contributed by atoms with E-state index in [0.29, 0.717) is 24.1 Å². The van der Waals surface area contributed by atoms with Gasteiger partial charge >= 0.3 is 0 Å². The van der Waals surface area contributed by atoms with Gasteiger partial charge in [-0.15, -0.1) is 0 Å². The highest BCUT2D eigenvalue weighted by Crippen LogP contribution is 2.30. The zero-order chi connectivity index (χ0) is 12.3. The average Bonchev–Trinajstić information content (AvgIpc) is 2.72. The number of carbonyl (C=O) groups excluding carboxylic acids is 1. The number of hydrogen-bond acceptors (Lipinski definition) is 2. The maximum absolute atomic E-state index is 11.8. The summed E-state index contributed by atoms with van der Waals surface area (Å²) in [5.41, 5.74) is 0.0926. The first-order valence-corrected chi connectivity index (χ1v) is 6.14. The van der Waals surface area contributed by atoms with E-state index in [0.717, 1.165) is 0 Å². The molecule has 4 heteroatoms. The van der Waals surface area contributed by atoms with E-state index in [9.17, 15) is 9.59 Å². The third-order valence-electron chi connectivity index (χ3n) is 3.58. The molecule has 1 amide bonds. The fraction of sp³-hybridized carbons (Fsp3) is 0.538. The van der Waals surface area contributed by atoms with Crippen LogP contribution in [0.5, 0.6) is 0 Å². The summed E-state index contributed by atoms with van der Waals surface area (Å²) in [6.07, 6.45) is 3.69. The fourth-order valence-electron chi connectivity index (χ4n) is 2.42. The lowest BCUT2D eigenvalue weighted by Crippen LogP contribution is -2.31. The Morgan fingerprint density at radius 3 is 2.94 bits per heavy atom. The fourth-order valence-corrected chi connectivity index (χ4v) is 2.42. The van der Waals surface area contributed by atoms with Gasteiger partial charge in [-0.3, -0.25) is 9.59 Å². The standard InChI is InChI=1S/C13H18N2O2/c1-9-4-2-5-10(9)8-14-13(17)11-6-3-7-12(16)15-11/h3,6-7,9-10H,2,4-5,8H2,1H3,(H,14,17)(H,15,16). The Kier molecular flexibility index (Phi) is 3.61. The number of amides is 1. The first-order chi connectivity index (χ1) is 8.16. The van der Waals surface area contributed by atoms with E-state index in [4.69, 9.17) is 0 Å². The number of carbonyl (C=O) groups is 1. The van der Waals surface area contributed by atoms with Crippen LogP contribution < -0.4 is 10.9 Å². The van der Waals surface area contributed by atoms with Gasteiger partial charge in [0.1, 0.15) is 5.69 Å². The van der Waals surface area contributed by atoms with Crippen LogP contribution in [0.25, 0.3) is 0 Å². The van der Waals surface area contributed by atoms with Crippen LogP contribution in [0.4, 0.5) is 0 Å². The van der Waals surface area contributed by atoms with Gasteiger partial charge in [0.2, 0.25) is 5.56 Å². The number of pyridine rings is 1. The van der Waals surface area contributed by atoms with Crippen LogP contribution in [-0.2, 0) is 0 Å². The van der Waals surface area contributed by atoms with Gasteiger partial charge in [-0.1, -0.05) is 25.8 Å². The number of H-pyrrole nitrogens is 1. The molecule has 1 fully saturated rings. The maximum Gasteiger partial charge on any atom is 0.267 e. The van der Waals surface area contributed by atoms with Crippen molar-refractivity contribution in [2.75, 3.05) is 6.54 Å². The molecule has 0 aliphatic heterocycles. The van der Waals surface area contributed by atoms with Crippen LogP contribution in [0, 0.1) is 11.8 Å². The van der Waals surface area contributed by atoms with Crippen molar-refractivity contribution in [3.8, 4) is 0 Å². The minimum Gasteiger partial charge on any atom is -0.350 e. The molecule has 0 spiro atoms. The van der Waals surface area contributed by atoms with Crippen molar-refractivity contribution in [1.29, 1.82) is 0 Å². The molecule has 1 aliphatic rings. The van der Waals surface area contributed by atoms with E-state index in [1.807, 2.05) is 0 Å². The molecule has 1 aromatic heterocycles. The lowest BCUT2D eigenvalue weighted by Gasteiger charge is -2.15. The van der Waals surface area contributed by atoms with Crippen molar-refractivity contribution >= 4 is 5.91 Å². The van der Waals surface area contributed by atoms with Crippen molar-refractivity contribution in [3.63, 3.8) is 0 Å². The Labute approximate surface area is 100 Å². The number of aromatic nitrogens is 1. The largest absolute Gasteiger partial charge is 0.350 e. The first-order valence-electron chi connectivity index (χ1n) is 6.14. The van der Waals surface area contributed by atoms with Gasteiger partial charge in [0.25, 0.3) is 5.91 Å². The summed E-state index contributed by atoms with van der Waals surface area (Å²) in [6.45, 7) is 2.94. The summed E-state index contributed by atoms with van der Waals surface area (Å²) in [5.74, 6) is 1.07. The molecule has 4 nitrogen and oxygen atoms in total. The number of hydrogen-bond donors (Lipinski definition) is 2. The summed E-state index contributed by atoms with van der Waals surface area (Å²) in [4.78, 5) is 25.4. The summed E-state index contributed by atoms with van der Waals surface area (Å²) < 4.78 is 0. The lowest BCUT2D eigenvalue weighted by atomic mass is 9.98. The Morgan fingerprint density at radius 1 is 1.47 bits per heavy atom. The van der Waals surface area contributed by atoms with E-state index in [-0.39, 0.29) is 11.5 Å². The second-order valence-electron chi connectivity index (χ2n) is 4.81. The first kappa shape index (κ1) is 11.9. The zero-order valence-electron chi connectivity index (χ0n) is 10.0. The smallest absolute Gasteiger partial charge is 0.267 e. The molecule has 1 saturated carbocycles. The minimum absolute atomic E-state index is 0.193. The van der Waals surface area contributed by atoms with Crippen LogP contribution in [-0.4, -0.2) is 17.4 Å². The highest BCUT2D eigenvalue weighted by atomic mass is 16.2. The topological polar surface area (TPSA) is 62.0 Å². The number of nitrogens with one attached hydrogen (secondary N) is 2. The van der Waals surface area contributed by atoms with E-state index < -0.39 is 0 Å². The molecule has 0 bridgehead atoms. The monoisotopic (exact) mass is 234 g/mol. The van der Waals surface area contributed by atoms with Gasteiger partial charge in [-0.25, -0.2) is 0 Å². The molecule has 1 aliphatic carbocycles. The molecule has 0 radical (unpaired) electrons. The van der Waals surface area contributed by atoms with Crippen LogP contribution in [0.15, 0.2) is 23.0 Å². The predicted molar refractivity (Wildman–Crippen MR) is 65.9 cm³/mol. The van der Waals surface area contributed by atoms with Gasteiger partial charge in [0.05, 0.1) is 0 Å². The third-order valence-corrected chi connectivity index (χ3v) is 3.58. The molecule has 2 N–H and O–H groups in total. The van der Waals surface area contributed by atoms with Crippen molar-refractivity contribution in [1.82, 2.24) is 10.3 Å². The van der Waals surface area contributed by atoms with E-state index in [2.05, 4.69) is 17.2 Å². The van der Waals surface area contributed by atoms with Gasteiger partial charge < -0.3 is 10.3 Å². The molecule has 1 heterocycles. The van der Waals surface area contributed by atoms with Crippen molar-refractivity contribution < 1.29 is 4.79 Å². The summed E-state index contributed by atoms with van der Waals surface area (Å²) in [6, 6.07) is 4.61. The van der Waals surface area contributed by atoms with Crippen LogP contribution in [0.1, 0.15) is 36.7 Å². The van der Waals surface area contributed by atoms with E-state index in [1.54, 1.807) is 12.1 Å². The quantitative estimate of drug-likeness (QED) is 0.833. The van der Waals surface area contributed by atoms with Gasteiger partial charge in [0, 0.05) is 12.6 Å². The Balaban J connectivity index is 1.91. The van der Waals surface area contributed by atoms with E-state index in [1.165, 1.54) is 25.3 Å². The SMILES string of the molecule is CC1CCCC1CNC(=O)c1cccc(=O)[nH]1. The van der Waals surface area contributed by atoms with Crippen LogP contribution >= 0.6 is 0 Å². The lowest BCUT2D eigenvalue weighted by molar-refractivity contribution is 0.0939. The Hall–Kier alpha value is -1.58. The molecular formula is C13H18N2O2. The van der Waals surface area contributed by atoms with Crippen molar-refractivity contribution in [2.45, 2.75) is 26.2 Å². The molecule has 17 heavy (non-hydrogen) atoms. The molecule has 92 valence electrons. The maximum atomic E-state index is 11.8. The van der Waals surface area contributed by atoms with Crippen molar-refractivity contribution in [3.05, 3.63) is 34.2 Å². The molecule has 1 aromatic rings. The third kappa shape index (κ3) is 2.96. The Bertz CT molecular complexity index is 453. The highest BCUT2D eigenvalue weighted by molar-refractivity contribution is 5.92. The highest BCUT2D eigenvalue weighted by Gasteiger charge is 2.23. The second-order valence-corrected chi connectivity index (χ2v) is 4.81. The Morgan fingerprint density at radius 2 is 2.29 bits per heavy atom. The van der Waals surface area contributed by atoms with Gasteiger partial charge in [0.15, 0.2) is 0 Å². The van der Waals surface area contributed by atoms with Crippen LogP contribution in [0.3, 0.4) is 0 Å². The molecule has 2 rings (SSSR count). The molecule has 2 unspecified atom stereocenters. The number of rotatable bonds is 3. The number of aromatic amines is 1. The summed E-state index contributed by atoms with van der Waals surface area (Å²) in [5, 5.41) is 2.89.